The minimum absolute atomic E-state index is 0.00655. The Kier molecular flexibility index (Phi) is 7.89. The van der Waals surface area contributed by atoms with Gasteiger partial charge in [-0.05, 0) is 65.7 Å². The topological polar surface area (TPSA) is 118 Å². The first-order valence-electron chi connectivity index (χ1n) is 12.5. The maximum absolute atomic E-state index is 12.7. The molecule has 5 rings (SSSR count). The lowest BCUT2D eigenvalue weighted by molar-refractivity contribution is 0.0693. The number of nitrogens with two attached hydrogens (primary N) is 1. The molecule has 1 amide bonds. The van der Waals surface area contributed by atoms with E-state index in [9.17, 15) is 14.7 Å². The fraction of sp³-hybridized carbons (Fsp3) is 0.0968. The summed E-state index contributed by atoms with van der Waals surface area (Å²) in [6, 6.07) is 30.5. The van der Waals surface area contributed by atoms with Crippen LogP contribution in [0.1, 0.15) is 43.3 Å². The monoisotopic (exact) mass is 552 g/mol. The maximum atomic E-state index is 12.7. The van der Waals surface area contributed by atoms with Gasteiger partial charge in [-0.25, -0.2) is 9.80 Å². The number of hydrogen-bond acceptors (Lipinski definition) is 4. The van der Waals surface area contributed by atoms with E-state index < -0.39 is 11.9 Å². The third-order valence-electron chi connectivity index (χ3n) is 6.48. The number of carboxylic acids is 1. The van der Waals surface area contributed by atoms with Crippen LogP contribution in [-0.4, -0.2) is 40.2 Å². The largest absolute Gasteiger partial charge is 0.489 e. The van der Waals surface area contributed by atoms with Crippen LogP contribution in [0, 0.1) is 0 Å². The quantitative estimate of drug-likeness (QED) is 0.228. The number of ether oxygens (including phenoxy) is 1. The van der Waals surface area contributed by atoms with Crippen LogP contribution in [0.25, 0.3) is 0 Å². The van der Waals surface area contributed by atoms with Crippen molar-refractivity contribution >= 4 is 35.1 Å². The lowest BCUT2D eigenvalue weighted by Gasteiger charge is -2.15. The summed E-state index contributed by atoms with van der Waals surface area (Å²) in [5.41, 5.74) is 10.1. The van der Waals surface area contributed by atoms with Gasteiger partial charge in [0.2, 0.25) is 5.96 Å². The Bertz CT molecular complexity index is 1590. The summed E-state index contributed by atoms with van der Waals surface area (Å²) in [7, 11) is 0. The van der Waals surface area contributed by atoms with Gasteiger partial charge in [0.25, 0.3) is 5.91 Å². The average Bonchev–Trinajstić information content (AvgIpc) is 3.43. The molecule has 3 N–H and O–H groups in total. The van der Waals surface area contributed by atoms with Crippen LogP contribution in [0.15, 0.2) is 113 Å². The van der Waals surface area contributed by atoms with Gasteiger partial charge in [-0.2, -0.15) is 10.1 Å². The highest BCUT2D eigenvalue weighted by Crippen LogP contribution is 2.29. The third-order valence-corrected chi connectivity index (χ3v) is 6.73. The summed E-state index contributed by atoms with van der Waals surface area (Å²) in [5, 5.41) is 16.2. The fourth-order valence-corrected chi connectivity index (χ4v) is 4.53. The number of carboxylic acid groups (broad SMARTS) is 1. The number of aliphatic imine (C=N–C) groups is 1. The molecule has 1 aliphatic rings. The van der Waals surface area contributed by atoms with E-state index in [1.165, 1.54) is 5.01 Å². The number of benzene rings is 4. The second-order valence-corrected chi connectivity index (χ2v) is 9.52. The average molecular weight is 553 g/mol. The molecule has 0 bridgehead atoms. The van der Waals surface area contributed by atoms with Crippen molar-refractivity contribution < 1.29 is 19.4 Å². The van der Waals surface area contributed by atoms with Gasteiger partial charge in [-0.15, -0.1) is 0 Å². The van der Waals surface area contributed by atoms with Crippen molar-refractivity contribution in [3.05, 3.63) is 136 Å². The van der Waals surface area contributed by atoms with Gasteiger partial charge in [0.15, 0.2) is 0 Å². The predicted molar refractivity (Wildman–Crippen MR) is 154 cm³/mol. The lowest BCUT2D eigenvalue weighted by Crippen LogP contribution is -2.33. The van der Waals surface area contributed by atoms with Crippen molar-refractivity contribution in [1.29, 1.82) is 0 Å². The van der Waals surface area contributed by atoms with Crippen molar-refractivity contribution in [3.63, 3.8) is 0 Å². The maximum Gasteiger partial charge on any atom is 0.336 e. The molecule has 4 aromatic rings. The number of amides is 1. The molecular weight excluding hydrogens is 528 g/mol. The molecule has 1 unspecified atom stereocenters. The van der Waals surface area contributed by atoms with E-state index in [1.807, 2.05) is 54.6 Å². The molecule has 9 heteroatoms. The number of halogens is 1. The Morgan fingerprint density at radius 3 is 2.33 bits per heavy atom. The van der Waals surface area contributed by atoms with E-state index in [1.54, 1.807) is 48.5 Å². The van der Waals surface area contributed by atoms with Gasteiger partial charge < -0.3 is 15.6 Å². The molecule has 8 nitrogen and oxygen atoms in total. The minimum atomic E-state index is -0.997. The van der Waals surface area contributed by atoms with Gasteiger partial charge in [-0.3, -0.25) is 4.79 Å². The summed E-state index contributed by atoms with van der Waals surface area (Å²) in [6.07, 6.45) is 0. The number of hydrazone groups is 1. The van der Waals surface area contributed by atoms with Crippen LogP contribution < -0.4 is 10.5 Å². The van der Waals surface area contributed by atoms with Crippen molar-refractivity contribution in [2.75, 3.05) is 6.54 Å². The van der Waals surface area contributed by atoms with Crippen molar-refractivity contribution in [2.45, 2.75) is 12.5 Å². The summed E-state index contributed by atoms with van der Waals surface area (Å²) in [4.78, 5) is 28.2. The van der Waals surface area contributed by atoms with E-state index in [4.69, 9.17) is 27.2 Å². The predicted octanol–water partition coefficient (Wildman–Crippen LogP) is 5.58. The van der Waals surface area contributed by atoms with Crippen LogP contribution in [0.3, 0.4) is 0 Å². The highest BCUT2D eigenvalue weighted by molar-refractivity contribution is 6.30. The number of aromatic carboxylic acids is 1. The molecular formula is C31H25ClN4O4. The Morgan fingerprint density at radius 2 is 1.62 bits per heavy atom. The van der Waals surface area contributed by atoms with E-state index in [-0.39, 0.29) is 24.0 Å². The first kappa shape index (κ1) is 26.6. The molecule has 1 atom stereocenters. The Balaban J connectivity index is 1.37. The molecule has 4 aromatic carbocycles. The zero-order valence-electron chi connectivity index (χ0n) is 21.3. The zero-order valence-corrected chi connectivity index (χ0v) is 22.0. The molecule has 0 radical (unpaired) electrons. The number of rotatable bonds is 7. The van der Waals surface area contributed by atoms with Crippen LogP contribution in [0.4, 0.5) is 0 Å². The van der Waals surface area contributed by atoms with Gasteiger partial charge in [-0.1, -0.05) is 60.1 Å². The van der Waals surface area contributed by atoms with Crippen LogP contribution in [0.5, 0.6) is 5.75 Å². The molecule has 0 aliphatic carbocycles. The summed E-state index contributed by atoms with van der Waals surface area (Å²) in [5.74, 6) is -1.02. The second-order valence-electron chi connectivity index (χ2n) is 9.09. The third kappa shape index (κ3) is 6.03. The Hall–Kier alpha value is -4.95. The fourth-order valence-electron chi connectivity index (χ4n) is 4.41. The Labute approximate surface area is 236 Å². The smallest absolute Gasteiger partial charge is 0.336 e. The van der Waals surface area contributed by atoms with Gasteiger partial charge in [0, 0.05) is 22.1 Å². The van der Waals surface area contributed by atoms with Gasteiger partial charge >= 0.3 is 5.97 Å². The Morgan fingerprint density at radius 1 is 0.950 bits per heavy atom. The normalized spacial score (nSPS) is 15.0. The number of carbonyl (C=O) groups is 2. The molecule has 200 valence electrons. The zero-order chi connectivity index (χ0) is 28.1. The number of carbonyl (C=O) groups excluding carboxylic acids is 1. The second kappa shape index (κ2) is 11.8. The highest BCUT2D eigenvalue weighted by atomic mass is 35.5. The molecule has 0 fully saturated rings. The number of hydrogen-bond donors (Lipinski definition) is 2. The van der Waals surface area contributed by atoms with Crippen molar-refractivity contribution in [2.24, 2.45) is 15.8 Å². The highest BCUT2D eigenvalue weighted by Gasteiger charge is 2.31. The van der Waals surface area contributed by atoms with E-state index in [0.29, 0.717) is 28.4 Å². The standard InChI is InChI=1S/C31H25ClN4O4/c32-24-14-10-22(11-15-24)29(37)34-31(33)36-18-27(20-6-2-1-3-7-20)28(35-36)21-12-16-25(17-13-21)40-19-23-8-4-5-9-26(23)30(38)39/h1-17,27H,18-19H2,(H,38,39)(H2,33,34,37). The summed E-state index contributed by atoms with van der Waals surface area (Å²) >= 11 is 5.92. The SMILES string of the molecule is NC(=NC(=O)c1ccc(Cl)cc1)N1CC(c2ccccc2)C(c2ccc(OCc3ccccc3C(=O)O)cc2)=N1. The molecule has 1 heterocycles. The molecule has 1 aliphatic heterocycles. The van der Waals surface area contributed by atoms with Crippen LogP contribution in [0.2, 0.25) is 5.02 Å². The van der Waals surface area contributed by atoms with Crippen LogP contribution in [-0.2, 0) is 6.61 Å². The van der Waals surface area contributed by atoms with Crippen molar-refractivity contribution in [1.82, 2.24) is 5.01 Å². The summed E-state index contributed by atoms with van der Waals surface area (Å²) < 4.78 is 5.87. The molecule has 0 spiro atoms. The van der Waals surface area contributed by atoms with E-state index in [2.05, 4.69) is 4.99 Å². The number of nitrogens with zero attached hydrogens (tertiary/aromatic N) is 3. The van der Waals surface area contributed by atoms with E-state index in [0.717, 1.165) is 16.8 Å². The van der Waals surface area contributed by atoms with Crippen molar-refractivity contribution in [3.8, 4) is 5.75 Å². The minimum Gasteiger partial charge on any atom is -0.489 e. The lowest BCUT2D eigenvalue weighted by atomic mass is 9.90. The first-order valence-corrected chi connectivity index (χ1v) is 12.9. The molecule has 40 heavy (non-hydrogen) atoms. The molecule has 0 saturated heterocycles. The van der Waals surface area contributed by atoms with Gasteiger partial charge in [0.1, 0.15) is 12.4 Å². The molecule has 0 saturated carbocycles. The summed E-state index contributed by atoms with van der Waals surface area (Å²) in [6.45, 7) is 0.532. The van der Waals surface area contributed by atoms with Gasteiger partial charge in [0.05, 0.1) is 17.8 Å². The van der Waals surface area contributed by atoms with E-state index >= 15 is 0 Å². The first-order chi connectivity index (χ1) is 19.4. The molecule has 0 aromatic heterocycles. The number of guanidine groups is 1. The van der Waals surface area contributed by atoms with Crippen LogP contribution >= 0.6 is 11.6 Å².